The van der Waals surface area contributed by atoms with Gasteiger partial charge in [0, 0.05) is 0 Å². The van der Waals surface area contributed by atoms with Crippen LogP contribution in [0, 0.1) is 0 Å². The standard InChI is InChI=1S/C8H7O4/c1-11-12-8(10)6-2-4-7(9)5-3-6/h2-5H,1H3. The highest BCUT2D eigenvalue weighted by molar-refractivity contribution is 5.89. The van der Waals surface area contributed by atoms with Crippen molar-refractivity contribution in [2.24, 2.45) is 0 Å². The van der Waals surface area contributed by atoms with E-state index in [9.17, 15) is 9.90 Å². The summed E-state index contributed by atoms with van der Waals surface area (Å²) >= 11 is 0. The van der Waals surface area contributed by atoms with Crippen LogP contribution in [-0.4, -0.2) is 13.1 Å². The van der Waals surface area contributed by atoms with Gasteiger partial charge in [-0.2, -0.15) is 4.89 Å². The van der Waals surface area contributed by atoms with E-state index in [0.29, 0.717) is 0 Å². The highest BCUT2D eigenvalue weighted by Crippen LogP contribution is 2.10. The molecule has 0 spiro atoms. The van der Waals surface area contributed by atoms with Crippen molar-refractivity contribution in [3.05, 3.63) is 29.8 Å². The Morgan fingerprint density at radius 2 is 1.83 bits per heavy atom. The van der Waals surface area contributed by atoms with Crippen molar-refractivity contribution in [3.63, 3.8) is 0 Å². The Labute approximate surface area is 69.3 Å². The third kappa shape index (κ3) is 1.96. The second kappa shape index (κ2) is 3.73. The van der Waals surface area contributed by atoms with Crippen LogP contribution < -0.4 is 0 Å². The second-order valence-corrected chi connectivity index (χ2v) is 2.06. The highest BCUT2D eigenvalue weighted by Gasteiger charge is 2.06. The molecule has 0 unspecified atom stereocenters. The van der Waals surface area contributed by atoms with Gasteiger partial charge in [-0.3, -0.25) is 9.99 Å². The smallest absolute Gasteiger partial charge is 0.293 e. The number of benzene rings is 1. The summed E-state index contributed by atoms with van der Waals surface area (Å²) in [6, 6.07) is 5.33. The van der Waals surface area contributed by atoms with E-state index in [1.165, 1.54) is 31.4 Å². The molecule has 0 bridgehead atoms. The molecule has 0 amide bonds. The van der Waals surface area contributed by atoms with E-state index >= 15 is 0 Å². The van der Waals surface area contributed by atoms with Gasteiger partial charge in [-0.05, 0) is 24.3 Å². The van der Waals surface area contributed by atoms with Crippen molar-refractivity contribution in [2.75, 3.05) is 7.11 Å². The number of rotatable bonds is 2. The highest BCUT2D eigenvalue weighted by atomic mass is 17.2. The summed E-state index contributed by atoms with van der Waals surface area (Å²) < 4.78 is 0. The Hall–Kier alpha value is -1.55. The molecule has 0 atom stereocenters. The summed E-state index contributed by atoms with van der Waals surface area (Å²) in [5, 5.41) is 10.6. The van der Waals surface area contributed by atoms with Crippen LogP contribution in [0.4, 0.5) is 0 Å². The van der Waals surface area contributed by atoms with Crippen LogP contribution in [0.5, 0.6) is 5.75 Å². The molecule has 1 aromatic rings. The van der Waals surface area contributed by atoms with Crippen LogP contribution in [0.2, 0.25) is 0 Å². The van der Waals surface area contributed by atoms with Gasteiger partial charge in [0.2, 0.25) is 0 Å². The first-order chi connectivity index (χ1) is 5.74. The van der Waals surface area contributed by atoms with Crippen LogP contribution >= 0.6 is 0 Å². The Balaban J connectivity index is 2.75. The monoisotopic (exact) mass is 167 g/mol. The molecule has 63 valence electrons. The molecule has 0 aliphatic carbocycles. The van der Waals surface area contributed by atoms with E-state index in [1.54, 1.807) is 0 Å². The maximum absolute atomic E-state index is 10.9. The summed E-state index contributed by atoms with van der Waals surface area (Å²) in [5.41, 5.74) is 0.288. The lowest BCUT2D eigenvalue weighted by atomic mass is 10.2. The summed E-state index contributed by atoms with van der Waals surface area (Å²) in [6.45, 7) is 0. The minimum atomic E-state index is -0.613. The minimum Gasteiger partial charge on any atom is -0.293 e. The second-order valence-electron chi connectivity index (χ2n) is 2.06. The lowest BCUT2D eigenvalue weighted by Crippen LogP contribution is -2.03. The predicted octanol–water partition coefficient (Wildman–Crippen LogP) is 1.55. The van der Waals surface area contributed by atoms with E-state index in [1.807, 2.05) is 0 Å². The van der Waals surface area contributed by atoms with Gasteiger partial charge in [-0.25, -0.2) is 4.79 Å². The average molecular weight is 167 g/mol. The normalized spacial score (nSPS) is 9.42. The average Bonchev–Trinajstić information content (AvgIpc) is 2.06. The molecule has 12 heavy (non-hydrogen) atoms. The SMILES string of the molecule is COOC(=O)c1ccc([O])cc1. The van der Waals surface area contributed by atoms with Crippen LogP contribution in [0.15, 0.2) is 24.3 Å². The van der Waals surface area contributed by atoms with E-state index in [2.05, 4.69) is 9.78 Å². The van der Waals surface area contributed by atoms with Crippen LogP contribution in [0.1, 0.15) is 10.4 Å². The topological polar surface area (TPSA) is 55.4 Å². The van der Waals surface area contributed by atoms with Gasteiger partial charge in [0.15, 0.2) is 5.75 Å². The first-order valence-corrected chi connectivity index (χ1v) is 3.26. The van der Waals surface area contributed by atoms with Gasteiger partial charge in [0.25, 0.3) is 0 Å². The van der Waals surface area contributed by atoms with Crippen molar-refractivity contribution >= 4 is 5.97 Å². The lowest BCUT2D eigenvalue weighted by molar-refractivity contribution is -0.216. The molecule has 1 aromatic carbocycles. The van der Waals surface area contributed by atoms with Gasteiger partial charge in [0.1, 0.15) is 0 Å². The molecule has 0 aliphatic heterocycles. The fourth-order valence-corrected chi connectivity index (χ4v) is 0.715. The summed E-state index contributed by atoms with van der Waals surface area (Å²) in [5.74, 6) is -0.763. The molecule has 4 nitrogen and oxygen atoms in total. The Morgan fingerprint density at radius 1 is 1.25 bits per heavy atom. The zero-order valence-electron chi connectivity index (χ0n) is 6.44. The Bertz CT molecular complexity index is 265. The first kappa shape index (κ1) is 8.55. The molecular formula is C8H7O4. The molecule has 0 aromatic heterocycles. The summed E-state index contributed by atoms with van der Waals surface area (Å²) in [4.78, 5) is 19.3. The van der Waals surface area contributed by atoms with Crippen molar-refractivity contribution in [3.8, 4) is 5.75 Å². The third-order valence-electron chi connectivity index (χ3n) is 1.25. The van der Waals surface area contributed by atoms with Crippen molar-refractivity contribution in [2.45, 2.75) is 0 Å². The van der Waals surface area contributed by atoms with Gasteiger partial charge in [-0.15, -0.1) is 0 Å². The third-order valence-corrected chi connectivity index (χ3v) is 1.25. The molecule has 0 saturated carbocycles. The van der Waals surface area contributed by atoms with E-state index < -0.39 is 5.97 Å². The van der Waals surface area contributed by atoms with Crippen LogP contribution in [-0.2, 0) is 14.9 Å². The minimum absolute atomic E-state index is 0.149. The number of hydrogen-bond donors (Lipinski definition) is 0. The zero-order valence-corrected chi connectivity index (χ0v) is 6.44. The van der Waals surface area contributed by atoms with Gasteiger partial charge in [-0.1, -0.05) is 0 Å². The predicted molar refractivity (Wildman–Crippen MR) is 39.0 cm³/mol. The van der Waals surface area contributed by atoms with Gasteiger partial charge in [0.05, 0.1) is 12.7 Å². The van der Waals surface area contributed by atoms with E-state index in [-0.39, 0.29) is 11.3 Å². The Kier molecular flexibility index (Phi) is 2.66. The zero-order chi connectivity index (χ0) is 8.97. The number of carbonyl (C=O) groups excluding carboxylic acids is 1. The fraction of sp³-hybridized carbons (Fsp3) is 0.125. The quantitative estimate of drug-likeness (QED) is 0.496. The van der Waals surface area contributed by atoms with Crippen molar-refractivity contribution in [1.29, 1.82) is 0 Å². The summed E-state index contributed by atoms with van der Waals surface area (Å²) in [6.07, 6.45) is 0. The van der Waals surface area contributed by atoms with Gasteiger partial charge < -0.3 is 0 Å². The van der Waals surface area contributed by atoms with Crippen molar-refractivity contribution in [1.82, 2.24) is 0 Å². The molecule has 0 heterocycles. The lowest BCUT2D eigenvalue weighted by Gasteiger charge is -1.97. The fourth-order valence-electron chi connectivity index (χ4n) is 0.715. The maximum Gasteiger partial charge on any atom is 0.373 e. The van der Waals surface area contributed by atoms with E-state index in [0.717, 1.165) is 0 Å². The molecule has 0 fully saturated rings. The molecule has 0 aliphatic rings. The Morgan fingerprint density at radius 3 is 2.33 bits per heavy atom. The molecule has 0 saturated heterocycles. The van der Waals surface area contributed by atoms with Crippen molar-refractivity contribution < 1.29 is 19.7 Å². The van der Waals surface area contributed by atoms with Crippen LogP contribution in [0.25, 0.3) is 0 Å². The molecule has 0 N–H and O–H groups in total. The molecular weight excluding hydrogens is 160 g/mol. The molecule has 1 radical (unpaired) electrons. The number of hydrogen-bond acceptors (Lipinski definition) is 3. The molecule has 4 heteroatoms. The summed E-state index contributed by atoms with van der Waals surface area (Å²) in [7, 11) is 1.24. The number of carbonyl (C=O) groups is 1. The van der Waals surface area contributed by atoms with E-state index in [4.69, 9.17) is 0 Å². The maximum atomic E-state index is 10.9. The van der Waals surface area contributed by atoms with Gasteiger partial charge >= 0.3 is 5.97 Å². The first-order valence-electron chi connectivity index (χ1n) is 3.26. The van der Waals surface area contributed by atoms with Crippen LogP contribution in [0.3, 0.4) is 0 Å². The molecule has 1 rings (SSSR count). The largest absolute Gasteiger partial charge is 0.373 e.